The number of nitrogens with zero attached hydrogens (tertiary/aromatic N) is 3. The second-order valence-electron chi connectivity index (χ2n) is 6.86. The zero-order valence-corrected chi connectivity index (χ0v) is 17.1. The summed E-state index contributed by atoms with van der Waals surface area (Å²) in [7, 11) is 0. The first kappa shape index (κ1) is 19.5. The SMILES string of the molecule is O=C(Nc1nc(-c2ccncc2)cs1)C1CCCN(C(=O)c2ccc(Cl)cc2)C1. The van der Waals surface area contributed by atoms with E-state index in [1.54, 1.807) is 41.6 Å². The van der Waals surface area contributed by atoms with Gasteiger partial charge in [-0.1, -0.05) is 11.6 Å². The minimum atomic E-state index is -0.256. The maximum Gasteiger partial charge on any atom is 0.253 e. The number of halogens is 1. The number of benzene rings is 1. The molecule has 1 atom stereocenters. The third-order valence-corrected chi connectivity index (χ3v) is 5.89. The molecule has 0 saturated carbocycles. The Morgan fingerprint density at radius 1 is 1.14 bits per heavy atom. The van der Waals surface area contributed by atoms with Crippen molar-refractivity contribution in [2.75, 3.05) is 18.4 Å². The molecule has 29 heavy (non-hydrogen) atoms. The molecule has 0 spiro atoms. The standard InChI is InChI=1S/C21H19ClN4O2S/c22-17-5-3-15(4-6-17)20(28)26-11-1-2-16(12-26)19(27)25-21-24-18(13-29-21)14-7-9-23-10-8-14/h3-10,13,16H,1-2,11-12H2,(H,24,25,27). The molecule has 3 heterocycles. The van der Waals surface area contributed by atoms with E-state index in [1.807, 2.05) is 17.5 Å². The van der Waals surface area contributed by atoms with Crippen LogP contribution in [0.4, 0.5) is 5.13 Å². The fourth-order valence-electron chi connectivity index (χ4n) is 3.34. The fraction of sp³-hybridized carbons (Fsp3) is 0.238. The molecule has 8 heteroatoms. The number of carbonyl (C=O) groups excluding carboxylic acids is 2. The van der Waals surface area contributed by atoms with Gasteiger partial charge in [0.05, 0.1) is 11.6 Å². The molecule has 2 aromatic heterocycles. The Morgan fingerprint density at radius 3 is 2.66 bits per heavy atom. The predicted octanol–water partition coefficient (Wildman–Crippen LogP) is 4.35. The van der Waals surface area contributed by atoms with Crippen molar-refractivity contribution in [3.63, 3.8) is 0 Å². The summed E-state index contributed by atoms with van der Waals surface area (Å²) in [4.78, 5) is 35.7. The van der Waals surface area contributed by atoms with Crippen LogP contribution in [0.1, 0.15) is 23.2 Å². The van der Waals surface area contributed by atoms with Crippen molar-refractivity contribution in [2.24, 2.45) is 5.92 Å². The minimum absolute atomic E-state index is 0.0756. The monoisotopic (exact) mass is 426 g/mol. The van der Waals surface area contributed by atoms with Gasteiger partial charge in [-0.05, 0) is 49.2 Å². The van der Waals surface area contributed by atoms with Crippen molar-refractivity contribution in [3.8, 4) is 11.3 Å². The molecule has 1 saturated heterocycles. The van der Waals surface area contributed by atoms with Gasteiger partial charge in [0.1, 0.15) is 0 Å². The third-order valence-electron chi connectivity index (χ3n) is 4.88. The van der Waals surface area contributed by atoms with Crippen LogP contribution < -0.4 is 5.32 Å². The van der Waals surface area contributed by atoms with Gasteiger partial charge in [-0.3, -0.25) is 14.6 Å². The summed E-state index contributed by atoms with van der Waals surface area (Å²) in [5, 5.41) is 5.96. The van der Waals surface area contributed by atoms with Crippen LogP contribution in [-0.2, 0) is 4.79 Å². The van der Waals surface area contributed by atoms with Gasteiger partial charge in [-0.25, -0.2) is 4.98 Å². The van der Waals surface area contributed by atoms with Gasteiger partial charge in [0, 0.05) is 47.0 Å². The van der Waals surface area contributed by atoms with E-state index < -0.39 is 0 Å². The van der Waals surface area contributed by atoms with Crippen LogP contribution in [0.2, 0.25) is 5.02 Å². The highest BCUT2D eigenvalue weighted by Gasteiger charge is 2.29. The second-order valence-corrected chi connectivity index (χ2v) is 8.15. The van der Waals surface area contributed by atoms with Crippen LogP contribution >= 0.6 is 22.9 Å². The Balaban J connectivity index is 1.39. The highest BCUT2D eigenvalue weighted by molar-refractivity contribution is 7.14. The van der Waals surface area contributed by atoms with Gasteiger partial charge < -0.3 is 10.2 Å². The van der Waals surface area contributed by atoms with Crippen LogP contribution in [0, 0.1) is 5.92 Å². The maximum absolute atomic E-state index is 12.8. The number of anilines is 1. The largest absolute Gasteiger partial charge is 0.338 e. The average Bonchev–Trinajstić information content (AvgIpc) is 3.23. The molecule has 1 aliphatic heterocycles. The predicted molar refractivity (Wildman–Crippen MR) is 114 cm³/mol. The van der Waals surface area contributed by atoms with Gasteiger partial charge in [-0.2, -0.15) is 0 Å². The number of piperidine rings is 1. The van der Waals surface area contributed by atoms with Crippen molar-refractivity contribution in [2.45, 2.75) is 12.8 Å². The van der Waals surface area contributed by atoms with E-state index in [0.717, 1.165) is 24.1 Å². The van der Waals surface area contributed by atoms with E-state index in [1.165, 1.54) is 11.3 Å². The molecule has 1 unspecified atom stereocenters. The first-order valence-electron chi connectivity index (χ1n) is 9.32. The van der Waals surface area contributed by atoms with Crippen molar-refractivity contribution in [1.29, 1.82) is 0 Å². The molecule has 148 valence electrons. The number of amides is 2. The number of nitrogens with one attached hydrogen (secondary N) is 1. The van der Waals surface area contributed by atoms with Crippen molar-refractivity contribution < 1.29 is 9.59 Å². The van der Waals surface area contributed by atoms with Gasteiger partial charge in [-0.15, -0.1) is 11.3 Å². The second kappa shape index (κ2) is 8.71. The molecule has 4 rings (SSSR count). The Hall–Kier alpha value is -2.77. The van der Waals surface area contributed by atoms with E-state index in [-0.39, 0.29) is 17.7 Å². The van der Waals surface area contributed by atoms with E-state index in [4.69, 9.17) is 11.6 Å². The van der Waals surface area contributed by atoms with Crippen LogP contribution in [0.5, 0.6) is 0 Å². The number of thiazole rings is 1. The number of aromatic nitrogens is 2. The third kappa shape index (κ3) is 4.63. The number of hydrogen-bond donors (Lipinski definition) is 1. The fourth-order valence-corrected chi connectivity index (χ4v) is 4.19. The number of hydrogen-bond acceptors (Lipinski definition) is 5. The number of pyridine rings is 1. The highest BCUT2D eigenvalue weighted by atomic mass is 35.5. The van der Waals surface area contributed by atoms with Crippen LogP contribution in [-0.4, -0.2) is 39.8 Å². The zero-order valence-electron chi connectivity index (χ0n) is 15.5. The molecule has 2 amide bonds. The number of rotatable bonds is 4. The molecule has 1 fully saturated rings. The molecule has 0 radical (unpaired) electrons. The molecule has 0 bridgehead atoms. The Kier molecular flexibility index (Phi) is 5.87. The van der Waals surface area contributed by atoms with Crippen LogP contribution in [0.25, 0.3) is 11.3 Å². The van der Waals surface area contributed by atoms with Gasteiger partial charge in [0.25, 0.3) is 5.91 Å². The lowest BCUT2D eigenvalue weighted by molar-refractivity contribution is -0.121. The minimum Gasteiger partial charge on any atom is -0.338 e. The number of carbonyl (C=O) groups is 2. The molecule has 0 aliphatic carbocycles. The normalized spacial score (nSPS) is 16.4. The van der Waals surface area contributed by atoms with Crippen molar-refractivity contribution in [3.05, 3.63) is 64.8 Å². The lowest BCUT2D eigenvalue weighted by atomic mass is 9.96. The molecular weight excluding hydrogens is 408 g/mol. The summed E-state index contributed by atoms with van der Waals surface area (Å²) in [6.45, 7) is 1.05. The smallest absolute Gasteiger partial charge is 0.253 e. The summed E-state index contributed by atoms with van der Waals surface area (Å²) in [5.41, 5.74) is 2.34. The van der Waals surface area contributed by atoms with E-state index in [0.29, 0.717) is 28.8 Å². The average molecular weight is 427 g/mol. The van der Waals surface area contributed by atoms with Crippen LogP contribution in [0.3, 0.4) is 0 Å². The van der Waals surface area contributed by atoms with Crippen molar-refractivity contribution >= 4 is 39.9 Å². The molecule has 6 nitrogen and oxygen atoms in total. The summed E-state index contributed by atoms with van der Waals surface area (Å²) in [6, 6.07) is 10.6. The van der Waals surface area contributed by atoms with Crippen LogP contribution in [0.15, 0.2) is 54.2 Å². The summed E-state index contributed by atoms with van der Waals surface area (Å²) in [6.07, 6.45) is 4.96. The lowest BCUT2D eigenvalue weighted by Crippen LogP contribution is -2.43. The topological polar surface area (TPSA) is 75.2 Å². The van der Waals surface area contributed by atoms with E-state index in [9.17, 15) is 9.59 Å². The van der Waals surface area contributed by atoms with E-state index in [2.05, 4.69) is 15.3 Å². The quantitative estimate of drug-likeness (QED) is 0.673. The van der Waals surface area contributed by atoms with E-state index >= 15 is 0 Å². The maximum atomic E-state index is 12.8. The van der Waals surface area contributed by atoms with Gasteiger partial charge in [0.15, 0.2) is 5.13 Å². The molecule has 3 aromatic rings. The Morgan fingerprint density at radius 2 is 1.90 bits per heavy atom. The van der Waals surface area contributed by atoms with Gasteiger partial charge >= 0.3 is 0 Å². The zero-order chi connectivity index (χ0) is 20.2. The summed E-state index contributed by atoms with van der Waals surface area (Å²) >= 11 is 7.28. The first-order chi connectivity index (χ1) is 14.1. The lowest BCUT2D eigenvalue weighted by Gasteiger charge is -2.32. The first-order valence-corrected chi connectivity index (χ1v) is 10.6. The highest BCUT2D eigenvalue weighted by Crippen LogP contribution is 2.26. The molecule has 1 N–H and O–H groups in total. The Bertz CT molecular complexity index is 1010. The van der Waals surface area contributed by atoms with Crippen molar-refractivity contribution in [1.82, 2.24) is 14.9 Å². The van der Waals surface area contributed by atoms with Gasteiger partial charge in [0.2, 0.25) is 5.91 Å². The summed E-state index contributed by atoms with van der Waals surface area (Å²) in [5.74, 6) is -0.434. The number of likely N-dealkylation sites (tertiary alicyclic amines) is 1. The molecule has 1 aromatic carbocycles. The molecule has 1 aliphatic rings. The Labute approximate surface area is 177 Å². The summed E-state index contributed by atoms with van der Waals surface area (Å²) < 4.78 is 0. The molecular formula is C21H19ClN4O2S.